The molecule has 0 aliphatic heterocycles. The molecule has 0 radical (unpaired) electrons. The summed E-state index contributed by atoms with van der Waals surface area (Å²) in [5.41, 5.74) is 8.06. The van der Waals surface area contributed by atoms with Crippen molar-refractivity contribution in [3.8, 4) is 40.1 Å². The van der Waals surface area contributed by atoms with Gasteiger partial charge in [-0.1, -0.05) is 78.9 Å². The van der Waals surface area contributed by atoms with Gasteiger partial charge in [0.1, 0.15) is 0 Å². The molecule has 5 aromatic carbocycles. The lowest BCUT2D eigenvalue weighted by atomic mass is 9.94. The highest BCUT2D eigenvalue weighted by Crippen LogP contribution is 2.40. The summed E-state index contributed by atoms with van der Waals surface area (Å²) in [6.45, 7) is 0. The maximum Gasteiger partial charge on any atom is 0.0998 e. The van der Waals surface area contributed by atoms with Crippen molar-refractivity contribution < 1.29 is 0 Å². The van der Waals surface area contributed by atoms with E-state index in [0.29, 0.717) is 16.7 Å². The highest BCUT2D eigenvalue weighted by Gasteiger charge is 2.18. The molecule has 0 atom stereocenters. The Balaban J connectivity index is 1.75. The van der Waals surface area contributed by atoms with E-state index in [0.717, 1.165) is 33.2 Å². The second-order valence-electron chi connectivity index (χ2n) is 8.42. The van der Waals surface area contributed by atoms with Gasteiger partial charge in [-0.05, 0) is 53.1 Å². The zero-order valence-electron chi connectivity index (χ0n) is 18.8. The largest absolute Gasteiger partial charge is 0.309 e. The first-order valence-corrected chi connectivity index (χ1v) is 11.4. The first kappa shape index (κ1) is 20.5. The summed E-state index contributed by atoms with van der Waals surface area (Å²) in [4.78, 5) is 0. The number of rotatable bonds is 3. The molecule has 0 bridgehead atoms. The van der Waals surface area contributed by atoms with Gasteiger partial charge in [0.2, 0.25) is 0 Å². The number of hydrogen-bond acceptors (Lipinski definition) is 2. The molecule has 35 heavy (non-hydrogen) atoms. The van der Waals surface area contributed by atoms with Crippen molar-refractivity contribution in [3.63, 3.8) is 0 Å². The second kappa shape index (κ2) is 8.34. The number of aromatic nitrogens is 1. The molecular weight excluding hydrogens is 426 g/mol. The van der Waals surface area contributed by atoms with Crippen molar-refractivity contribution in [2.45, 2.75) is 0 Å². The summed E-state index contributed by atoms with van der Waals surface area (Å²) < 4.78 is 2.27. The van der Waals surface area contributed by atoms with Crippen LogP contribution < -0.4 is 0 Å². The van der Waals surface area contributed by atoms with Crippen molar-refractivity contribution in [3.05, 3.63) is 126 Å². The lowest BCUT2D eigenvalue weighted by molar-refractivity contribution is 1.18. The van der Waals surface area contributed by atoms with E-state index in [1.807, 2.05) is 30.3 Å². The molecule has 6 rings (SSSR count). The SMILES string of the molecule is N#Cc1cccc(C#N)c1-c1ccc2c3c(-c4ccccc4)cccc3n(-c3ccccc3)c2c1. The molecule has 0 aliphatic rings. The molecule has 0 aliphatic carbocycles. The van der Waals surface area contributed by atoms with Crippen LogP contribution in [0.2, 0.25) is 0 Å². The fourth-order valence-electron chi connectivity index (χ4n) is 4.99. The molecule has 1 heterocycles. The summed E-state index contributed by atoms with van der Waals surface area (Å²) in [5.74, 6) is 0. The number of fused-ring (bicyclic) bond motifs is 3. The molecule has 6 aromatic rings. The number of nitrogens with zero attached hydrogens (tertiary/aromatic N) is 3. The fourth-order valence-corrected chi connectivity index (χ4v) is 4.99. The predicted molar refractivity (Wildman–Crippen MR) is 141 cm³/mol. The highest BCUT2D eigenvalue weighted by atomic mass is 15.0. The Bertz CT molecular complexity index is 1770. The van der Waals surface area contributed by atoms with Gasteiger partial charge in [-0.25, -0.2) is 0 Å². The summed E-state index contributed by atoms with van der Waals surface area (Å²) in [6, 6.07) is 43.2. The number of para-hydroxylation sites is 1. The molecular formula is C32H19N3. The van der Waals surface area contributed by atoms with Crippen LogP contribution in [0.5, 0.6) is 0 Å². The molecule has 0 amide bonds. The van der Waals surface area contributed by atoms with Gasteiger partial charge < -0.3 is 4.57 Å². The van der Waals surface area contributed by atoms with Crippen molar-refractivity contribution in [1.29, 1.82) is 10.5 Å². The van der Waals surface area contributed by atoms with Gasteiger partial charge >= 0.3 is 0 Å². The van der Waals surface area contributed by atoms with Crippen LogP contribution >= 0.6 is 0 Å². The maximum absolute atomic E-state index is 9.76. The number of benzene rings is 5. The molecule has 0 N–H and O–H groups in total. The maximum atomic E-state index is 9.76. The van der Waals surface area contributed by atoms with Crippen LogP contribution in [0.4, 0.5) is 0 Å². The molecule has 162 valence electrons. The zero-order valence-corrected chi connectivity index (χ0v) is 18.8. The highest BCUT2D eigenvalue weighted by molar-refractivity contribution is 6.16. The lowest BCUT2D eigenvalue weighted by Gasteiger charge is -2.10. The van der Waals surface area contributed by atoms with E-state index in [2.05, 4.69) is 83.4 Å². The van der Waals surface area contributed by atoms with Gasteiger partial charge in [0.25, 0.3) is 0 Å². The Hall–Kier alpha value is -5.12. The first-order chi connectivity index (χ1) is 17.3. The van der Waals surface area contributed by atoms with Crippen LogP contribution in [0.1, 0.15) is 11.1 Å². The molecule has 0 fully saturated rings. The fraction of sp³-hybridized carbons (Fsp3) is 0. The van der Waals surface area contributed by atoms with Crippen LogP contribution in [0.3, 0.4) is 0 Å². The van der Waals surface area contributed by atoms with E-state index in [-0.39, 0.29) is 0 Å². The average molecular weight is 446 g/mol. The van der Waals surface area contributed by atoms with E-state index in [1.54, 1.807) is 18.2 Å². The van der Waals surface area contributed by atoms with Crippen LogP contribution in [0, 0.1) is 22.7 Å². The normalized spacial score (nSPS) is 10.8. The van der Waals surface area contributed by atoms with Gasteiger partial charge in [-0.2, -0.15) is 10.5 Å². The summed E-state index contributed by atoms with van der Waals surface area (Å²) in [6.07, 6.45) is 0. The smallest absolute Gasteiger partial charge is 0.0998 e. The Morgan fingerprint density at radius 1 is 0.543 bits per heavy atom. The van der Waals surface area contributed by atoms with Crippen molar-refractivity contribution >= 4 is 21.8 Å². The van der Waals surface area contributed by atoms with E-state index < -0.39 is 0 Å². The number of nitriles is 2. The molecule has 0 unspecified atom stereocenters. The van der Waals surface area contributed by atoms with Gasteiger partial charge in [0, 0.05) is 22.0 Å². The Labute approximate surface area is 203 Å². The third-order valence-electron chi connectivity index (χ3n) is 6.48. The second-order valence-corrected chi connectivity index (χ2v) is 8.42. The Morgan fingerprint density at radius 2 is 1.20 bits per heavy atom. The lowest BCUT2D eigenvalue weighted by Crippen LogP contribution is -1.94. The van der Waals surface area contributed by atoms with Gasteiger partial charge in [-0.15, -0.1) is 0 Å². The van der Waals surface area contributed by atoms with Crippen molar-refractivity contribution in [2.75, 3.05) is 0 Å². The Kier molecular flexibility index (Phi) is 4.88. The van der Waals surface area contributed by atoms with Crippen LogP contribution in [0.25, 0.3) is 49.7 Å². The monoisotopic (exact) mass is 445 g/mol. The third kappa shape index (κ3) is 3.27. The van der Waals surface area contributed by atoms with Gasteiger partial charge in [0.15, 0.2) is 0 Å². The predicted octanol–water partition coefficient (Wildman–Crippen LogP) is 7.86. The third-order valence-corrected chi connectivity index (χ3v) is 6.48. The summed E-state index contributed by atoms with van der Waals surface area (Å²) >= 11 is 0. The quantitative estimate of drug-likeness (QED) is 0.278. The molecule has 3 nitrogen and oxygen atoms in total. The topological polar surface area (TPSA) is 52.5 Å². The molecule has 1 aromatic heterocycles. The van der Waals surface area contributed by atoms with Crippen LogP contribution in [0.15, 0.2) is 115 Å². The van der Waals surface area contributed by atoms with E-state index in [1.165, 1.54) is 10.9 Å². The van der Waals surface area contributed by atoms with E-state index in [4.69, 9.17) is 0 Å². The minimum Gasteiger partial charge on any atom is -0.309 e. The summed E-state index contributed by atoms with van der Waals surface area (Å²) in [7, 11) is 0. The van der Waals surface area contributed by atoms with Gasteiger partial charge in [0.05, 0.1) is 34.3 Å². The standard InChI is InChI=1S/C32H19N3/c33-20-24-11-7-12-25(21-34)31(24)23-17-18-28-30(19-23)35(26-13-5-2-6-14-26)29-16-8-15-27(32(28)29)22-9-3-1-4-10-22/h1-19H. The summed E-state index contributed by atoms with van der Waals surface area (Å²) in [5, 5.41) is 21.8. The van der Waals surface area contributed by atoms with Crippen LogP contribution in [-0.2, 0) is 0 Å². The van der Waals surface area contributed by atoms with Crippen molar-refractivity contribution in [2.24, 2.45) is 0 Å². The van der Waals surface area contributed by atoms with E-state index in [9.17, 15) is 10.5 Å². The molecule has 0 spiro atoms. The van der Waals surface area contributed by atoms with Gasteiger partial charge in [-0.3, -0.25) is 0 Å². The zero-order chi connectivity index (χ0) is 23.8. The molecule has 3 heteroatoms. The van der Waals surface area contributed by atoms with E-state index >= 15 is 0 Å². The number of hydrogen-bond donors (Lipinski definition) is 0. The minimum atomic E-state index is 0.496. The first-order valence-electron chi connectivity index (χ1n) is 11.4. The van der Waals surface area contributed by atoms with Crippen LogP contribution in [-0.4, -0.2) is 4.57 Å². The molecule has 0 saturated carbocycles. The molecule has 0 saturated heterocycles. The average Bonchev–Trinajstić information content (AvgIpc) is 3.27. The minimum absolute atomic E-state index is 0.496. The van der Waals surface area contributed by atoms with Crippen molar-refractivity contribution in [1.82, 2.24) is 4.57 Å². The Morgan fingerprint density at radius 3 is 1.89 bits per heavy atom.